The van der Waals surface area contributed by atoms with Crippen molar-refractivity contribution in [2.45, 2.75) is 25.8 Å². The molecule has 0 bridgehead atoms. The second-order valence-corrected chi connectivity index (χ2v) is 5.24. The van der Waals surface area contributed by atoms with Crippen molar-refractivity contribution in [2.24, 2.45) is 0 Å². The Kier molecular flexibility index (Phi) is 5.89. The van der Waals surface area contributed by atoms with Crippen molar-refractivity contribution in [3.8, 4) is 17.2 Å². The number of nitrogens with one attached hydrogen (secondary N) is 1. The first-order valence-electron chi connectivity index (χ1n) is 7.36. The number of amides is 1. The molecule has 0 radical (unpaired) electrons. The molecule has 1 amide bonds. The number of carbonyl (C=O) groups is 1. The molecule has 1 heterocycles. The van der Waals surface area contributed by atoms with E-state index in [1.54, 1.807) is 14.2 Å². The van der Waals surface area contributed by atoms with E-state index in [0.29, 0.717) is 30.5 Å². The molecule has 1 fully saturated rings. The number of methoxy groups -OCH3 is 2. The number of rotatable bonds is 6. The van der Waals surface area contributed by atoms with Gasteiger partial charge in [-0.2, -0.15) is 0 Å². The van der Waals surface area contributed by atoms with Gasteiger partial charge in [0.25, 0.3) is 5.91 Å². The lowest BCUT2D eigenvalue weighted by Crippen LogP contribution is -2.41. The molecule has 1 N–H and O–H groups in total. The second-order valence-electron chi connectivity index (χ2n) is 5.24. The number of hydrogen-bond acceptors (Lipinski definition) is 5. The van der Waals surface area contributed by atoms with E-state index in [0.717, 1.165) is 18.4 Å². The Balaban J connectivity index is 1.96. The van der Waals surface area contributed by atoms with Crippen molar-refractivity contribution in [1.29, 1.82) is 0 Å². The molecule has 1 saturated heterocycles. The van der Waals surface area contributed by atoms with Gasteiger partial charge >= 0.3 is 0 Å². The van der Waals surface area contributed by atoms with Crippen LogP contribution in [0.3, 0.4) is 0 Å². The Morgan fingerprint density at radius 2 is 1.82 bits per heavy atom. The molecule has 0 saturated carbocycles. The van der Waals surface area contributed by atoms with Gasteiger partial charge in [0.1, 0.15) is 0 Å². The van der Waals surface area contributed by atoms with E-state index >= 15 is 0 Å². The molecule has 0 aliphatic carbocycles. The van der Waals surface area contributed by atoms with E-state index < -0.39 is 0 Å². The topological polar surface area (TPSA) is 66.0 Å². The molecule has 0 unspecified atom stereocenters. The van der Waals surface area contributed by atoms with Gasteiger partial charge in [-0.3, -0.25) is 4.79 Å². The molecule has 0 atom stereocenters. The summed E-state index contributed by atoms with van der Waals surface area (Å²) in [5.41, 5.74) is 0.993. The zero-order valence-corrected chi connectivity index (χ0v) is 13.3. The lowest BCUT2D eigenvalue weighted by atomic mass is 10.1. The number of hydrogen-bond donors (Lipinski definition) is 1. The normalized spacial score (nSPS) is 15.2. The van der Waals surface area contributed by atoms with Crippen molar-refractivity contribution in [3.63, 3.8) is 0 Å². The van der Waals surface area contributed by atoms with Crippen LogP contribution in [0.15, 0.2) is 12.1 Å². The fraction of sp³-hybridized carbons (Fsp3) is 0.562. The number of carbonyl (C=O) groups excluding carboxylic acids is 1. The summed E-state index contributed by atoms with van der Waals surface area (Å²) >= 11 is 0. The van der Waals surface area contributed by atoms with E-state index in [-0.39, 0.29) is 18.6 Å². The third-order valence-corrected chi connectivity index (χ3v) is 3.54. The first kappa shape index (κ1) is 16.4. The number of aryl methyl sites for hydroxylation is 1. The van der Waals surface area contributed by atoms with Crippen LogP contribution in [0.5, 0.6) is 17.2 Å². The maximum Gasteiger partial charge on any atom is 0.258 e. The van der Waals surface area contributed by atoms with E-state index in [4.69, 9.17) is 18.9 Å². The molecule has 1 aliphatic heterocycles. The highest BCUT2D eigenvalue weighted by molar-refractivity contribution is 5.78. The molecular formula is C16H23NO5. The molecular weight excluding hydrogens is 286 g/mol. The van der Waals surface area contributed by atoms with Gasteiger partial charge < -0.3 is 24.3 Å². The second kappa shape index (κ2) is 7.89. The van der Waals surface area contributed by atoms with Gasteiger partial charge in [0.15, 0.2) is 18.1 Å². The van der Waals surface area contributed by atoms with Crippen molar-refractivity contribution in [3.05, 3.63) is 17.7 Å². The number of benzene rings is 1. The van der Waals surface area contributed by atoms with Crippen LogP contribution < -0.4 is 19.5 Å². The van der Waals surface area contributed by atoms with Crippen LogP contribution in [0.1, 0.15) is 18.4 Å². The third kappa shape index (κ3) is 4.27. The third-order valence-electron chi connectivity index (χ3n) is 3.54. The molecule has 1 aliphatic rings. The van der Waals surface area contributed by atoms with Gasteiger partial charge in [0.2, 0.25) is 5.75 Å². The molecule has 6 heteroatoms. The molecule has 22 heavy (non-hydrogen) atoms. The van der Waals surface area contributed by atoms with Gasteiger partial charge in [-0.05, 0) is 37.5 Å². The summed E-state index contributed by atoms with van der Waals surface area (Å²) in [4.78, 5) is 12.0. The van der Waals surface area contributed by atoms with Crippen LogP contribution in [0.25, 0.3) is 0 Å². The summed E-state index contributed by atoms with van der Waals surface area (Å²) in [7, 11) is 3.12. The largest absolute Gasteiger partial charge is 0.493 e. The van der Waals surface area contributed by atoms with Gasteiger partial charge in [-0.1, -0.05) is 0 Å². The van der Waals surface area contributed by atoms with Crippen molar-refractivity contribution < 1.29 is 23.7 Å². The van der Waals surface area contributed by atoms with Gasteiger partial charge in [0, 0.05) is 19.3 Å². The Morgan fingerprint density at radius 3 is 2.36 bits per heavy atom. The monoisotopic (exact) mass is 309 g/mol. The van der Waals surface area contributed by atoms with E-state index in [2.05, 4.69) is 5.32 Å². The highest BCUT2D eigenvalue weighted by Gasteiger charge is 2.18. The van der Waals surface area contributed by atoms with Gasteiger partial charge in [-0.25, -0.2) is 0 Å². The van der Waals surface area contributed by atoms with Crippen LogP contribution in [0, 0.1) is 6.92 Å². The zero-order valence-electron chi connectivity index (χ0n) is 13.3. The summed E-state index contributed by atoms with van der Waals surface area (Å²) in [6.07, 6.45) is 1.67. The lowest BCUT2D eigenvalue weighted by molar-refractivity contribution is -0.124. The van der Waals surface area contributed by atoms with E-state index in [1.165, 1.54) is 0 Å². The van der Waals surface area contributed by atoms with Crippen molar-refractivity contribution in [2.75, 3.05) is 34.0 Å². The van der Waals surface area contributed by atoms with E-state index in [1.807, 2.05) is 19.1 Å². The first-order valence-corrected chi connectivity index (χ1v) is 7.36. The van der Waals surface area contributed by atoms with Crippen LogP contribution in [-0.4, -0.2) is 46.0 Å². The first-order chi connectivity index (χ1) is 10.6. The Hall–Kier alpha value is -1.95. The van der Waals surface area contributed by atoms with Crippen molar-refractivity contribution >= 4 is 5.91 Å². The predicted molar refractivity (Wildman–Crippen MR) is 81.8 cm³/mol. The standard InChI is InChI=1S/C16H23NO5/c1-11-8-13(19-2)16(14(9-11)20-3)22-10-15(18)17-12-4-6-21-7-5-12/h8-9,12H,4-7,10H2,1-3H3,(H,17,18). The Morgan fingerprint density at radius 1 is 1.23 bits per heavy atom. The maximum absolute atomic E-state index is 12.0. The molecule has 122 valence electrons. The highest BCUT2D eigenvalue weighted by atomic mass is 16.5. The predicted octanol–water partition coefficient (Wildman–Crippen LogP) is 1.69. The summed E-state index contributed by atoms with van der Waals surface area (Å²) in [6, 6.07) is 3.84. The van der Waals surface area contributed by atoms with Crippen LogP contribution in [0.4, 0.5) is 0 Å². The van der Waals surface area contributed by atoms with Gasteiger partial charge in [-0.15, -0.1) is 0 Å². The van der Waals surface area contributed by atoms with Crippen LogP contribution in [-0.2, 0) is 9.53 Å². The minimum Gasteiger partial charge on any atom is -0.493 e. The molecule has 1 aromatic rings. The van der Waals surface area contributed by atoms with Crippen LogP contribution >= 0.6 is 0 Å². The van der Waals surface area contributed by atoms with Crippen molar-refractivity contribution in [1.82, 2.24) is 5.32 Å². The zero-order chi connectivity index (χ0) is 15.9. The molecule has 0 spiro atoms. The minimum absolute atomic E-state index is 0.0763. The fourth-order valence-electron chi connectivity index (χ4n) is 2.40. The minimum atomic E-state index is -0.156. The van der Waals surface area contributed by atoms with Gasteiger partial charge in [0.05, 0.1) is 14.2 Å². The molecule has 1 aromatic carbocycles. The highest BCUT2D eigenvalue weighted by Crippen LogP contribution is 2.38. The summed E-state index contributed by atoms with van der Waals surface area (Å²) in [5.74, 6) is 1.39. The Bertz CT molecular complexity index is 486. The Labute approximate surface area is 130 Å². The lowest BCUT2D eigenvalue weighted by Gasteiger charge is -2.23. The average Bonchev–Trinajstić information content (AvgIpc) is 2.53. The molecule has 0 aromatic heterocycles. The summed E-state index contributed by atoms with van der Waals surface area (Å²) in [6.45, 7) is 3.23. The quantitative estimate of drug-likeness (QED) is 0.866. The average molecular weight is 309 g/mol. The summed E-state index contributed by atoms with van der Waals surface area (Å²) < 4.78 is 21.5. The SMILES string of the molecule is COc1cc(C)cc(OC)c1OCC(=O)NC1CCOCC1. The maximum atomic E-state index is 12.0. The smallest absolute Gasteiger partial charge is 0.258 e. The molecule has 2 rings (SSSR count). The molecule has 6 nitrogen and oxygen atoms in total. The van der Waals surface area contributed by atoms with Crippen LogP contribution in [0.2, 0.25) is 0 Å². The fourth-order valence-corrected chi connectivity index (χ4v) is 2.40. The number of ether oxygens (including phenoxy) is 4. The van der Waals surface area contributed by atoms with E-state index in [9.17, 15) is 4.79 Å². The summed E-state index contributed by atoms with van der Waals surface area (Å²) in [5, 5.41) is 2.95.